The first-order chi connectivity index (χ1) is 14.8. The molecule has 3 rings (SSSR count). The van der Waals surface area contributed by atoms with Crippen molar-refractivity contribution in [1.82, 2.24) is 14.9 Å². The van der Waals surface area contributed by atoms with Crippen LogP contribution in [0.2, 0.25) is 0 Å². The third kappa shape index (κ3) is 5.11. The number of rotatable bonds is 7. The lowest BCUT2D eigenvalue weighted by molar-refractivity contribution is 0.291. The normalized spacial score (nSPS) is 15.9. The molecule has 0 bridgehead atoms. The molecule has 0 radical (unpaired) electrons. The Hall–Kier alpha value is -2.36. The van der Waals surface area contributed by atoms with E-state index in [0.717, 1.165) is 23.1 Å². The topological polar surface area (TPSA) is 79.9 Å². The van der Waals surface area contributed by atoms with Crippen LogP contribution in [0.3, 0.4) is 0 Å². The maximum Gasteiger partial charge on any atom is 0.240 e. The first-order valence-electron chi connectivity index (χ1n) is 10.2. The zero-order valence-corrected chi connectivity index (χ0v) is 19.9. The molecule has 31 heavy (non-hydrogen) atoms. The van der Waals surface area contributed by atoms with E-state index in [4.69, 9.17) is 21.7 Å². The summed E-state index contributed by atoms with van der Waals surface area (Å²) in [5.74, 6) is 1.26. The Morgan fingerprint density at radius 3 is 2.42 bits per heavy atom. The molecule has 2 aromatic carbocycles. The average Bonchev–Trinajstić information content (AvgIpc) is 2.76. The highest BCUT2D eigenvalue weighted by Gasteiger charge is 2.31. The van der Waals surface area contributed by atoms with Crippen LogP contribution in [0.1, 0.15) is 29.7 Å². The van der Waals surface area contributed by atoms with E-state index in [2.05, 4.69) is 10.0 Å². The number of benzene rings is 2. The molecule has 0 aromatic heterocycles. The number of hydrogen-bond acceptors (Lipinski definition) is 5. The van der Waals surface area contributed by atoms with Crippen LogP contribution in [0, 0.1) is 6.92 Å². The number of ether oxygens (including phenoxy) is 2. The fourth-order valence-electron chi connectivity index (χ4n) is 3.73. The van der Waals surface area contributed by atoms with E-state index in [1.165, 1.54) is 0 Å². The van der Waals surface area contributed by atoms with Gasteiger partial charge in [0, 0.05) is 19.6 Å². The number of thiocarbonyl (C=S) groups is 1. The van der Waals surface area contributed by atoms with Crippen molar-refractivity contribution in [3.63, 3.8) is 0 Å². The van der Waals surface area contributed by atoms with Crippen LogP contribution < -0.4 is 19.5 Å². The molecule has 168 valence electrons. The number of aryl methyl sites for hydroxylation is 1. The van der Waals surface area contributed by atoms with Gasteiger partial charge in [0.25, 0.3) is 0 Å². The fraction of sp³-hybridized carbons (Fsp3) is 0.409. The molecule has 2 N–H and O–H groups in total. The van der Waals surface area contributed by atoms with Crippen molar-refractivity contribution in [2.45, 2.75) is 31.2 Å². The molecular formula is C22H29N3O4S2. The van der Waals surface area contributed by atoms with Crippen molar-refractivity contribution in [3.8, 4) is 11.5 Å². The van der Waals surface area contributed by atoms with Gasteiger partial charge in [-0.2, -0.15) is 0 Å². The molecule has 7 nitrogen and oxygen atoms in total. The first-order valence-corrected chi connectivity index (χ1v) is 12.1. The van der Waals surface area contributed by atoms with Gasteiger partial charge in [0.1, 0.15) is 0 Å². The van der Waals surface area contributed by atoms with Crippen LogP contribution in [0.5, 0.6) is 11.5 Å². The van der Waals surface area contributed by atoms with Crippen LogP contribution >= 0.6 is 12.2 Å². The van der Waals surface area contributed by atoms with Gasteiger partial charge in [0.2, 0.25) is 10.0 Å². The van der Waals surface area contributed by atoms with Gasteiger partial charge in [-0.05, 0) is 67.9 Å². The number of nitrogens with one attached hydrogen (secondary N) is 2. The summed E-state index contributed by atoms with van der Waals surface area (Å²) in [7, 11) is -0.475. The molecule has 0 aliphatic carbocycles. The Morgan fingerprint density at radius 1 is 1.16 bits per heavy atom. The number of hydrogen-bond donors (Lipinski definition) is 2. The molecule has 9 heteroatoms. The average molecular weight is 464 g/mol. The third-order valence-corrected chi connectivity index (χ3v) is 7.21. The van der Waals surface area contributed by atoms with E-state index in [1.54, 1.807) is 38.5 Å². The minimum Gasteiger partial charge on any atom is -0.493 e. The highest BCUT2D eigenvalue weighted by atomic mass is 32.2. The van der Waals surface area contributed by atoms with E-state index in [1.807, 2.05) is 30.9 Å². The molecule has 1 aliphatic rings. The van der Waals surface area contributed by atoms with Crippen LogP contribution in [-0.4, -0.2) is 52.3 Å². The van der Waals surface area contributed by atoms with Gasteiger partial charge in [0.05, 0.1) is 25.2 Å². The van der Waals surface area contributed by atoms with Crippen molar-refractivity contribution in [2.75, 3.05) is 33.9 Å². The molecule has 0 saturated heterocycles. The molecule has 1 aliphatic heterocycles. The van der Waals surface area contributed by atoms with Crippen molar-refractivity contribution in [2.24, 2.45) is 0 Å². The molecular weight excluding hydrogens is 434 g/mol. The Balaban J connectivity index is 1.95. The maximum atomic E-state index is 12.9. The summed E-state index contributed by atoms with van der Waals surface area (Å²) in [6.07, 6.45) is 0.766. The van der Waals surface area contributed by atoms with Gasteiger partial charge in [-0.25, -0.2) is 13.1 Å². The van der Waals surface area contributed by atoms with Gasteiger partial charge >= 0.3 is 0 Å². The molecule has 2 aromatic rings. The van der Waals surface area contributed by atoms with Crippen molar-refractivity contribution in [3.05, 3.63) is 53.1 Å². The van der Waals surface area contributed by atoms with E-state index in [-0.39, 0.29) is 17.5 Å². The second-order valence-corrected chi connectivity index (χ2v) is 9.52. The first kappa shape index (κ1) is 23.3. The number of sulfonamides is 1. The summed E-state index contributed by atoms with van der Waals surface area (Å²) in [5, 5.41) is 3.79. The quantitative estimate of drug-likeness (QED) is 0.611. The van der Waals surface area contributed by atoms with Crippen LogP contribution in [-0.2, 0) is 16.4 Å². The second-order valence-electron chi connectivity index (χ2n) is 7.37. The Bertz CT molecular complexity index is 1040. The van der Waals surface area contributed by atoms with E-state index < -0.39 is 10.0 Å². The molecule has 0 amide bonds. The van der Waals surface area contributed by atoms with Crippen LogP contribution in [0.4, 0.5) is 0 Å². The van der Waals surface area contributed by atoms with Gasteiger partial charge < -0.3 is 19.7 Å². The van der Waals surface area contributed by atoms with Crippen LogP contribution in [0.15, 0.2) is 41.3 Å². The summed E-state index contributed by atoms with van der Waals surface area (Å²) in [6.45, 7) is 5.43. The monoisotopic (exact) mass is 463 g/mol. The minimum atomic E-state index is -3.67. The fourth-order valence-corrected chi connectivity index (χ4v) is 5.13. The van der Waals surface area contributed by atoms with Gasteiger partial charge in [-0.15, -0.1) is 0 Å². The molecule has 0 fully saturated rings. The van der Waals surface area contributed by atoms with E-state index >= 15 is 0 Å². The van der Waals surface area contributed by atoms with E-state index in [9.17, 15) is 8.42 Å². The lowest BCUT2D eigenvalue weighted by Gasteiger charge is -2.39. The molecule has 1 heterocycles. The second kappa shape index (κ2) is 9.84. The van der Waals surface area contributed by atoms with E-state index in [0.29, 0.717) is 29.7 Å². The Kier molecular flexibility index (Phi) is 7.40. The van der Waals surface area contributed by atoms with Crippen molar-refractivity contribution >= 4 is 27.4 Å². The highest BCUT2D eigenvalue weighted by molar-refractivity contribution is 7.89. The maximum absolute atomic E-state index is 12.9. The summed E-state index contributed by atoms with van der Waals surface area (Å²) in [5.41, 5.74) is 3.06. The third-order valence-electron chi connectivity index (χ3n) is 5.39. The molecule has 0 spiro atoms. The Labute approximate surface area is 189 Å². The smallest absolute Gasteiger partial charge is 0.240 e. The zero-order valence-electron chi connectivity index (χ0n) is 18.3. The number of fused-ring (bicyclic) bond motifs is 1. The number of methoxy groups -OCH3 is 2. The zero-order chi connectivity index (χ0) is 22.6. The predicted octanol–water partition coefficient (Wildman–Crippen LogP) is 2.78. The number of nitrogens with zero attached hydrogens (tertiary/aromatic N) is 1. The molecule has 0 unspecified atom stereocenters. The summed E-state index contributed by atoms with van der Waals surface area (Å²) >= 11 is 5.59. The minimum absolute atomic E-state index is 0.171. The van der Waals surface area contributed by atoms with Crippen LogP contribution in [0.25, 0.3) is 0 Å². The Morgan fingerprint density at radius 2 is 1.81 bits per heavy atom. The summed E-state index contributed by atoms with van der Waals surface area (Å²) in [4.78, 5) is 2.27. The lowest BCUT2D eigenvalue weighted by atomic mass is 9.92. The van der Waals surface area contributed by atoms with Gasteiger partial charge in [-0.1, -0.05) is 17.7 Å². The highest BCUT2D eigenvalue weighted by Crippen LogP contribution is 2.38. The van der Waals surface area contributed by atoms with Gasteiger partial charge in [0.15, 0.2) is 16.6 Å². The van der Waals surface area contributed by atoms with Crippen molar-refractivity contribution in [1.29, 1.82) is 0 Å². The predicted molar refractivity (Wildman–Crippen MR) is 125 cm³/mol. The summed E-state index contributed by atoms with van der Waals surface area (Å²) in [6, 6.07) is 10.4. The largest absolute Gasteiger partial charge is 0.493 e. The lowest BCUT2D eigenvalue weighted by Crippen LogP contribution is -2.48. The standard InChI is InChI=1S/C22H29N3O4S2/c1-5-23-22(30)25-11-10-16-12-20(28-3)21(29-4)13-18(16)19(25)14-24-31(26,27)17-8-6-15(2)7-9-17/h6-9,12-13,19,24H,5,10-11,14H2,1-4H3,(H,23,30)/t19-/m1/s1. The SMILES string of the molecule is CCNC(=S)N1CCc2cc(OC)c(OC)cc2[C@H]1CNS(=O)(=O)c1ccc(C)cc1. The molecule has 0 saturated carbocycles. The molecule has 1 atom stereocenters. The summed E-state index contributed by atoms with van der Waals surface area (Å²) < 4.78 is 39.5. The van der Waals surface area contributed by atoms with Crippen molar-refractivity contribution < 1.29 is 17.9 Å². The van der Waals surface area contributed by atoms with Gasteiger partial charge in [-0.3, -0.25) is 0 Å².